The number of fused-ring (bicyclic) bond motifs is 1. The van der Waals surface area contributed by atoms with E-state index in [0.717, 1.165) is 16.5 Å². The van der Waals surface area contributed by atoms with Crippen molar-refractivity contribution in [3.63, 3.8) is 0 Å². The molecule has 2 rings (SSSR count). The first kappa shape index (κ1) is 10.6. The summed E-state index contributed by atoms with van der Waals surface area (Å²) in [5.41, 5.74) is 6.96. The maximum atomic E-state index is 11.3. The third kappa shape index (κ3) is 1.75. The van der Waals surface area contributed by atoms with E-state index in [1.807, 2.05) is 30.3 Å². The first-order valence-electron chi connectivity index (χ1n) is 5.04. The number of nitrogens with zero attached hydrogens (tertiary/aromatic N) is 1. The molecule has 1 unspecified atom stereocenters. The van der Waals surface area contributed by atoms with Crippen LogP contribution in [0.4, 0.5) is 0 Å². The highest BCUT2D eigenvalue weighted by Crippen LogP contribution is 2.21. The quantitative estimate of drug-likeness (QED) is 0.802. The summed E-state index contributed by atoms with van der Waals surface area (Å²) in [6.07, 6.45) is 1.71. The molecule has 0 spiro atoms. The summed E-state index contributed by atoms with van der Waals surface area (Å²) in [6.45, 7) is 0. The lowest BCUT2D eigenvalue weighted by Gasteiger charge is -2.14. The Morgan fingerprint density at radius 1 is 1.38 bits per heavy atom. The molecule has 1 aromatic heterocycles. The van der Waals surface area contributed by atoms with Crippen LogP contribution in [0.25, 0.3) is 10.9 Å². The highest BCUT2D eigenvalue weighted by molar-refractivity contribution is 5.89. The molecule has 0 bridgehead atoms. The number of pyridine rings is 1. The van der Waals surface area contributed by atoms with E-state index in [1.165, 1.54) is 0 Å². The van der Waals surface area contributed by atoms with Gasteiger partial charge in [-0.2, -0.15) is 0 Å². The van der Waals surface area contributed by atoms with E-state index in [2.05, 4.69) is 10.3 Å². The molecule has 0 saturated heterocycles. The van der Waals surface area contributed by atoms with Gasteiger partial charge >= 0.3 is 0 Å². The first-order valence-corrected chi connectivity index (χ1v) is 5.04. The van der Waals surface area contributed by atoms with E-state index in [-0.39, 0.29) is 0 Å². The number of carbonyl (C=O) groups is 1. The number of primary amides is 1. The van der Waals surface area contributed by atoms with Crippen LogP contribution in [0.15, 0.2) is 36.5 Å². The van der Waals surface area contributed by atoms with E-state index in [9.17, 15) is 4.79 Å². The van der Waals surface area contributed by atoms with Gasteiger partial charge in [0.15, 0.2) is 0 Å². The Morgan fingerprint density at radius 2 is 2.12 bits per heavy atom. The Morgan fingerprint density at radius 3 is 2.81 bits per heavy atom. The van der Waals surface area contributed by atoms with Gasteiger partial charge in [-0.25, -0.2) is 0 Å². The van der Waals surface area contributed by atoms with Crippen molar-refractivity contribution in [2.24, 2.45) is 5.73 Å². The van der Waals surface area contributed by atoms with Crippen molar-refractivity contribution in [3.05, 3.63) is 42.1 Å². The molecule has 1 atom stereocenters. The molecule has 0 aliphatic heterocycles. The summed E-state index contributed by atoms with van der Waals surface area (Å²) in [7, 11) is 1.71. The van der Waals surface area contributed by atoms with Gasteiger partial charge in [0.05, 0.1) is 5.52 Å². The lowest BCUT2D eigenvalue weighted by atomic mass is 10.0. The summed E-state index contributed by atoms with van der Waals surface area (Å²) in [5, 5.41) is 3.90. The predicted octanol–water partition coefficient (Wildman–Crippen LogP) is 0.981. The Bertz CT molecular complexity index is 519. The van der Waals surface area contributed by atoms with Gasteiger partial charge in [0.25, 0.3) is 0 Å². The summed E-state index contributed by atoms with van der Waals surface area (Å²) in [5.74, 6) is -0.402. The Hall–Kier alpha value is -1.94. The molecule has 1 heterocycles. The fraction of sp³-hybridized carbons (Fsp3) is 0.167. The standard InChI is InChI=1S/C12H13N3O/c1-14-11(12(13)16)9-6-2-4-8-5-3-7-15-10(8)9/h2-7,11,14H,1H3,(H2,13,16). The normalized spacial score (nSPS) is 12.6. The van der Waals surface area contributed by atoms with Gasteiger partial charge in [-0.05, 0) is 13.1 Å². The zero-order valence-electron chi connectivity index (χ0n) is 8.97. The molecule has 82 valence electrons. The molecule has 1 aromatic carbocycles. The number of nitrogens with two attached hydrogens (primary N) is 1. The smallest absolute Gasteiger partial charge is 0.239 e. The number of likely N-dealkylation sites (N-methyl/N-ethyl adjacent to an activating group) is 1. The van der Waals surface area contributed by atoms with E-state index < -0.39 is 11.9 Å². The van der Waals surface area contributed by atoms with Gasteiger partial charge in [0.1, 0.15) is 6.04 Å². The zero-order chi connectivity index (χ0) is 11.5. The minimum Gasteiger partial charge on any atom is -0.368 e. The molecule has 0 aliphatic rings. The Kier molecular flexibility index (Phi) is 2.83. The monoisotopic (exact) mass is 215 g/mol. The second-order valence-electron chi connectivity index (χ2n) is 3.55. The van der Waals surface area contributed by atoms with Crippen LogP contribution in [0.5, 0.6) is 0 Å². The molecule has 0 radical (unpaired) electrons. The number of carbonyl (C=O) groups excluding carboxylic acids is 1. The van der Waals surface area contributed by atoms with Crippen molar-refractivity contribution >= 4 is 16.8 Å². The van der Waals surface area contributed by atoms with Crippen molar-refractivity contribution in [1.29, 1.82) is 0 Å². The number of hydrogen-bond donors (Lipinski definition) is 2. The molecule has 0 saturated carbocycles. The van der Waals surface area contributed by atoms with Gasteiger partial charge in [0, 0.05) is 17.1 Å². The molecule has 0 aliphatic carbocycles. The fourth-order valence-electron chi connectivity index (χ4n) is 1.81. The van der Waals surface area contributed by atoms with E-state index in [0.29, 0.717) is 0 Å². The SMILES string of the molecule is CNC(C(N)=O)c1cccc2cccnc12. The number of rotatable bonds is 3. The number of aromatic nitrogens is 1. The second-order valence-corrected chi connectivity index (χ2v) is 3.55. The minimum atomic E-state index is -0.501. The van der Waals surface area contributed by atoms with Crippen molar-refractivity contribution in [3.8, 4) is 0 Å². The maximum Gasteiger partial charge on any atom is 0.239 e. The summed E-state index contributed by atoms with van der Waals surface area (Å²) in [6, 6.07) is 9.04. The Labute approximate surface area is 93.5 Å². The Balaban J connectivity index is 2.63. The van der Waals surface area contributed by atoms with E-state index in [4.69, 9.17) is 5.73 Å². The largest absolute Gasteiger partial charge is 0.368 e. The van der Waals surface area contributed by atoms with Crippen LogP contribution in [-0.4, -0.2) is 17.9 Å². The maximum absolute atomic E-state index is 11.3. The summed E-state index contributed by atoms with van der Waals surface area (Å²) >= 11 is 0. The third-order valence-electron chi connectivity index (χ3n) is 2.55. The topological polar surface area (TPSA) is 68.0 Å². The van der Waals surface area contributed by atoms with Crippen LogP contribution in [0, 0.1) is 0 Å². The third-order valence-corrected chi connectivity index (χ3v) is 2.55. The van der Waals surface area contributed by atoms with Crippen molar-refractivity contribution in [2.75, 3.05) is 7.05 Å². The fourth-order valence-corrected chi connectivity index (χ4v) is 1.81. The van der Waals surface area contributed by atoms with Gasteiger partial charge in [-0.1, -0.05) is 24.3 Å². The van der Waals surface area contributed by atoms with Crippen molar-refractivity contribution in [1.82, 2.24) is 10.3 Å². The molecule has 1 amide bonds. The lowest BCUT2D eigenvalue weighted by molar-refractivity contribution is -0.120. The van der Waals surface area contributed by atoms with Crippen LogP contribution in [0.2, 0.25) is 0 Å². The second kappa shape index (κ2) is 4.28. The van der Waals surface area contributed by atoms with Crippen LogP contribution < -0.4 is 11.1 Å². The molecular formula is C12H13N3O. The molecule has 3 N–H and O–H groups in total. The van der Waals surface area contributed by atoms with Crippen LogP contribution >= 0.6 is 0 Å². The van der Waals surface area contributed by atoms with Crippen LogP contribution in [0.1, 0.15) is 11.6 Å². The summed E-state index contributed by atoms with van der Waals surface area (Å²) in [4.78, 5) is 15.6. The predicted molar refractivity (Wildman–Crippen MR) is 62.7 cm³/mol. The molecule has 4 heteroatoms. The van der Waals surface area contributed by atoms with E-state index >= 15 is 0 Å². The molecule has 4 nitrogen and oxygen atoms in total. The average Bonchev–Trinajstić information content (AvgIpc) is 2.30. The highest BCUT2D eigenvalue weighted by Gasteiger charge is 2.17. The zero-order valence-corrected chi connectivity index (χ0v) is 8.97. The molecule has 2 aromatic rings. The lowest BCUT2D eigenvalue weighted by Crippen LogP contribution is -2.31. The van der Waals surface area contributed by atoms with Crippen LogP contribution in [-0.2, 0) is 4.79 Å². The van der Waals surface area contributed by atoms with Crippen LogP contribution in [0.3, 0.4) is 0 Å². The van der Waals surface area contributed by atoms with Gasteiger partial charge in [-0.3, -0.25) is 9.78 Å². The molecule has 16 heavy (non-hydrogen) atoms. The van der Waals surface area contributed by atoms with Crippen molar-refractivity contribution in [2.45, 2.75) is 6.04 Å². The van der Waals surface area contributed by atoms with Gasteiger partial charge in [0.2, 0.25) is 5.91 Å². The minimum absolute atomic E-state index is 0.402. The van der Waals surface area contributed by atoms with Gasteiger partial charge in [-0.15, -0.1) is 0 Å². The number of para-hydroxylation sites is 1. The van der Waals surface area contributed by atoms with Gasteiger partial charge < -0.3 is 11.1 Å². The number of hydrogen-bond acceptors (Lipinski definition) is 3. The number of benzene rings is 1. The van der Waals surface area contributed by atoms with Crippen molar-refractivity contribution < 1.29 is 4.79 Å². The van der Waals surface area contributed by atoms with E-state index in [1.54, 1.807) is 13.2 Å². The highest BCUT2D eigenvalue weighted by atomic mass is 16.1. The number of nitrogens with one attached hydrogen (secondary N) is 1. The first-order chi connectivity index (χ1) is 7.74. The molecule has 0 fully saturated rings. The molecular weight excluding hydrogens is 202 g/mol. The summed E-state index contributed by atoms with van der Waals surface area (Å²) < 4.78 is 0. The number of amides is 1. The average molecular weight is 215 g/mol.